The average Bonchev–Trinajstić information content (AvgIpc) is 3.57. The first-order valence-corrected chi connectivity index (χ1v) is 15.7. The highest BCUT2D eigenvalue weighted by Crippen LogP contribution is 2.30. The van der Waals surface area contributed by atoms with Gasteiger partial charge in [0.1, 0.15) is 6.04 Å². The van der Waals surface area contributed by atoms with Crippen LogP contribution in [0.25, 0.3) is 0 Å². The predicted octanol–water partition coefficient (Wildman–Crippen LogP) is 4.79. The highest BCUT2D eigenvalue weighted by atomic mass is 16.5. The van der Waals surface area contributed by atoms with E-state index >= 15 is 0 Å². The normalized spacial score (nSPS) is 16.8. The second-order valence-corrected chi connectivity index (χ2v) is 11.5. The van der Waals surface area contributed by atoms with Gasteiger partial charge in [-0.1, -0.05) is 109 Å². The van der Waals surface area contributed by atoms with Gasteiger partial charge in [0, 0.05) is 18.2 Å². The summed E-state index contributed by atoms with van der Waals surface area (Å²) in [5, 5.41) is 31.1. The molecule has 1 aliphatic rings. The van der Waals surface area contributed by atoms with Gasteiger partial charge in [0.15, 0.2) is 5.82 Å². The number of aromatic nitrogens is 4. The van der Waals surface area contributed by atoms with Crippen molar-refractivity contribution in [1.29, 1.82) is 0 Å². The van der Waals surface area contributed by atoms with Crippen molar-refractivity contribution >= 4 is 17.7 Å². The number of para-hydroxylation sites is 1. The van der Waals surface area contributed by atoms with Crippen LogP contribution in [0.2, 0.25) is 0 Å². The number of carbonyl (C=O) groups excluding carboxylic acids is 1. The molecule has 0 bridgehead atoms. The maximum atomic E-state index is 13.9. The molecule has 1 aliphatic heterocycles. The zero-order valence-electron chi connectivity index (χ0n) is 25.8. The molecule has 0 spiro atoms. The summed E-state index contributed by atoms with van der Waals surface area (Å²) in [6.45, 7) is 1.63. The summed E-state index contributed by atoms with van der Waals surface area (Å²) >= 11 is 0. The number of aryl methyl sites for hydroxylation is 1. The van der Waals surface area contributed by atoms with E-state index in [0.29, 0.717) is 31.8 Å². The van der Waals surface area contributed by atoms with Gasteiger partial charge in [0.25, 0.3) is 0 Å². The van der Waals surface area contributed by atoms with Gasteiger partial charge in [-0.3, -0.25) is 4.79 Å². The quantitative estimate of drug-likeness (QED) is 0.154. The third-order valence-electron chi connectivity index (χ3n) is 8.36. The van der Waals surface area contributed by atoms with Crippen molar-refractivity contribution in [3.05, 3.63) is 143 Å². The number of nitrogens with zero attached hydrogens (tertiary/aromatic N) is 4. The third-order valence-corrected chi connectivity index (χ3v) is 8.36. The number of hydrogen-bond donors (Lipinski definition) is 4. The molecule has 0 radical (unpaired) electrons. The number of carbonyl (C=O) groups is 2. The Morgan fingerprint density at radius 1 is 0.894 bits per heavy atom. The van der Waals surface area contributed by atoms with Crippen molar-refractivity contribution in [3.8, 4) is 0 Å². The average molecular weight is 632 g/mol. The first kappa shape index (κ1) is 31.6. The molecule has 1 fully saturated rings. The monoisotopic (exact) mass is 631 g/mol. The number of tetrazole rings is 1. The molecule has 5 aromatic rings. The summed E-state index contributed by atoms with van der Waals surface area (Å²) in [6, 6.07) is 35.4. The number of amides is 2. The largest absolute Gasteiger partial charge is 0.465 e. The molecule has 0 aliphatic carbocycles. The van der Waals surface area contributed by atoms with Gasteiger partial charge < -0.3 is 25.8 Å². The molecule has 0 saturated carbocycles. The number of hydrogen-bond acceptors (Lipinski definition) is 7. The van der Waals surface area contributed by atoms with Gasteiger partial charge in [-0.15, -0.1) is 5.10 Å². The number of rotatable bonds is 12. The smallest absolute Gasteiger partial charge is 0.405 e. The number of ether oxygens (including phenoxy) is 1. The first-order chi connectivity index (χ1) is 23.0. The molecule has 240 valence electrons. The van der Waals surface area contributed by atoms with Crippen LogP contribution in [0.5, 0.6) is 0 Å². The molecule has 1 saturated heterocycles. The Kier molecular flexibility index (Phi) is 10.3. The van der Waals surface area contributed by atoms with Crippen molar-refractivity contribution in [3.63, 3.8) is 0 Å². The van der Waals surface area contributed by atoms with Gasteiger partial charge in [-0.25, -0.2) is 9.48 Å². The summed E-state index contributed by atoms with van der Waals surface area (Å²) < 4.78 is 8.03. The van der Waals surface area contributed by atoms with Gasteiger partial charge in [0.05, 0.1) is 25.3 Å². The van der Waals surface area contributed by atoms with Crippen LogP contribution in [0.3, 0.4) is 0 Å². The Balaban J connectivity index is 1.11. The molecule has 1 aromatic heterocycles. The predicted molar refractivity (Wildman–Crippen MR) is 177 cm³/mol. The van der Waals surface area contributed by atoms with Crippen molar-refractivity contribution in [2.24, 2.45) is 0 Å². The van der Waals surface area contributed by atoms with Crippen LogP contribution in [0.1, 0.15) is 46.5 Å². The van der Waals surface area contributed by atoms with Crippen molar-refractivity contribution < 1.29 is 19.4 Å². The van der Waals surface area contributed by atoms with Crippen molar-refractivity contribution in [1.82, 2.24) is 30.8 Å². The number of nitrogens with one attached hydrogen (secondary N) is 3. The first-order valence-electron chi connectivity index (χ1n) is 15.7. The molecule has 0 unspecified atom stereocenters. The molecule has 2 heterocycles. The summed E-state index contributed by atoms with van der Waals surface area (Å²) in [5.41, 5.74) is 4.34. The SMILES string of the molecule is O=C(O)N[C@H](C(=O)Nc1ccccc1CC[C@@H]1CN[C@H](c2nnnn2Cc2ccccc2)CO1)C(c1ccccc1)c1ccccc1. The fraction of sp³-hybridized carbons (Fsp3) is 0.250. The molecule has 47 heavy (non-hydrogen) atoms. The summed E-state index contributed by atoms with van der Waals surface area (Å²) in [7, 11) is 0. The lowest BCUT2D eigenvalue weighted by molar-refractivity contribution is -0.118. The molecular weight excluding hydrogens is 594 g/mol. The second-order valence-electron chi connectivity index (χ2n) is 11.5. The fourth-order valence-electron chi connectivity index (χ4n) is 6.02. The Morgan fingerprint density at radius 2 is 1.53 bits per heavy atom. The van der Waals surface area contributed by atoms with E-state index < -0.39 is 24.0 Å². The number of morpholine rings is 1. The lowest BCUT2D eigenvalue weighted by atomic mass is 9.84. The van der Waals surface area contributed by atoms with Gasteiger partial charge >= 0.3 is 6.09 Å². The number of carboxylic acid groups (broad SMARTS) is 1. The summed E-state index contributed by atoms with van der Waals surface area (Å²) in [6.07, 6.45) is 0.0477. The summed E-state index contributed by atoms with van der Waals surface area (Å²) in [4.78, 5) is 25.9. The van der Waals surface area contributed by atoms with E-state index in [9.17, 15) is 14.7 Å². The third kappa shape index (κ3) is 8.07. The molecule has 6 rings (SSSR count). The van der Waals surface area contributed by atoms with E-state index in [1.807, 2.05) is 115 Å². The summed E-state index contributed by atoms with van der Waals surface area (Å²) in [5.74, 6) is -0.248. The highest BCUT2D eigenvalue weighted by molar-refractivity contribution is 5.98. The molecule has 11 nitrogen and oxygen atoms in total. The topological polar surface area (TPSA) is 143 Å². The second kappa shape index (κ2) is 15.3. The van der Waals surface area contributed by atoms with E-state index in [1.165, 1.54) is 0 Å². The minimum atomic E-state index is -1.27. The number of benzene rings is 4. The van der Waals surface area contributed by atoms with Crippen LogP contribution in [0.15, 0.2) is 115 Å². The molecule has 11 heteroatoms. The van der Waals surface area contributed by atoms with E-state index in [4.69, 9.17) is 4.74 Å². The maximum absolute atomic E-state index is 13.9. The Bertz CT molecular complexity index is 1700. The van der Waals surface area contributed by atoms with Crippen LogP contribution < -0.4 is 16.0 Å². The zero-order chi connectivity index (χ0) is 32.4. The van der Waals surface area contributed by atoms with Gasteiger partial charge in [-0.2, -0.15) is 0 Å². The van der Waals surface area contributed by atoms with E-state index in [-0.39, 0.29) is 12.1 Å². The molecule has 4 aromatic carbocycles. The zero-order valence-corrected chi connectivity index (χ0v) is 25.8. The fourth-order valence-corrected chi connectivity index (χ4v) is 6.02. The van der Waals surface area contributed by atoms with Crippen LogP contribution in [0, 0.1) is 0 Å². The lowest BCUT2D eigenvalue weighted by Crippen LogP contribution is -2.47. The van der Waals surface area contributed by atoms with E-state index in [2.05, 4.69) is 31.5 Å². The van der Waals surface area contributed by atoms with Gasteiger partial charge in [0.2, 0.25) is 5.91 Å². The Hall–Kier alpha value is -5.39. The molecule has 3 atom stereocenters. The van der Waals surface area contributed by atoms with Crippen LogP contribution in [0.4, 0.5) is 10.5 Å². The van der Waals surface area contributed by atoms with Crippen molar-refractivity contribution in [2.45, 2.75) is 43.5 Å². The van der Waals surface area contributed by atoms with E-state index in [0.717, 1.165) is 34.5 Å². The van der Waals surface area contributed by atoms with Crippen LogP contribution >= 0.6 is 0 Å². The minimum Gasteiger partial charge on any atom is -0.465 e. The van der Waals surface area contributed by atoms with E-state index in [1.54, 1.807) is 4.68 Å². The van der Waals surface area contributed by atoms with Gasteiger partial charge in [-0.05, 0) is 51.6 Å². The Morgan fingerprint density at radius 3 is 2.17 bits per heavy atom. The molecule has 2 amide bonds. The highest BCUT2D eigenvalue weighted by Gasteiger charge is 2.33. The standard InChI is InChI=1S/C36H37N7O4/c44-35(33(39-36(45)46)32(27-15-6-2-7-16-27)28-17-8-3-9-18-28)38-30-19-11-10-14-26(30)20-21-29-22-37-31(24-47-29)34-40-41-42-43(34)23-25-12-4-1-5-13-25/h1-19,29,31-33,37,39H,20-24H2,(H,38,44)(H,45,46)/t29-,31+,33+/m1/s1. The Labute approximate surface area is 273 Å². The molecule has 4 N–H and O–H groups in total. The minimum absolute atomic E-state index is 0.0459. The number of anilines is 1. The van der Waals surface area contributed by atoms with Crippen LogP contribution in [-0.2, 0) is 22.5 Å². The lowest BCUT2D eigenvalue weighted by Gasteiger charge is -2.30. The van der Waals surface area contributed by atoms with Crippen LogP contribution in [-0.4, -0.2) is 62.6 Å². The molecular formula is C36H37N7O4. The maximum Gasteiger partial charge on any atom is 0.405 e. The van der Waals surface area contributed by atoms with Crippen molar-refractivity contribution in [2.75, 3.05) is 18.5 Å².